The third kappa shape index (κ3) is 3.73. The van der Waals surface area contributed by atoms with E-state index in [0.717, 1.165) is 27.4 Å². The number of fused-ring (bicyclic) bond motifs is 3. The first-order valence-corrected chi connectivity index (χ1v) is 13.6. The number of phenols is 1. The molecule has 34 heavy (non-hydrogen) atoms. The molecule has 4 aromatic carbocycles. The maximum Gasteiger partial charge on any atom is 0.319 e. The van der Waals surface area contributed by atoms with E-state index in [1.54, 1.807) is 18.2 Å². The summed E-state index contributed by atoms with van der Waals surface area (Å²) in [6.45, 7) is 6.78. The number of phenolic OH excluding ortho intramolecular Hbond substituents is 1. The normalized spacial score (nSPS) is 12.2. The van der Waals surface area contributed by atoms with Gasteiger partial charge in [0.2, 0.25) is 0 Å². The van der Waals surface area contributed by atoms with Crippen molar-refractivity contribution in [1.82, 2.24) is 4.98 Å². The van der Waals surface area contributed by atoms with Crippen LogP contribution < -0.4 is 14.8 Å². The van der Waals surface area contributed by atoms with Gasteiger partial charge in [0.05, 0.1) is 5.52 Å². The lowest BCUT2D eigenvalue weighted by atomic mass is 10.0. The minimum atomic E-state index is -2.83. The predicted molar refractivity (Wildman–Crippen MR) is 144 cm³/mol. The molecule has 0 aliphatic carbocycles. The number of hydrogen-bond acceptors (Lipinski definition) is 3. The average Bonchev–Trinajstić information content (AvgIpc) is 2.83. The zero-order chi connectivity index (χ0) is 23.9. The van der Waals surface area contributed by atoms with Crippen molar-refractivity contribution in [2.45, 2.75) is 25.8 Å². The fourth-order valence-electron chi connectivity index (χ4n) is 4.84. The van der Waals surface area contributed by atoms with Crippen molar-refractivity contribution >= 4 is 52.0 Å². The summed E-state index contributed by atoms with van der Waals surface area (Å²) >= 11 is 6.23. The van der Waals surface area contributed by atoms with Gasteiger partial charge in [-0.05, 0) is 51.8 Å². The highest BCUT2D eigenvalue weighted by atomic mass is 35.5. The minimum absolute atomic E-state index is 0.174. The predicted octanol–water partition coefficient (Wildman–Crippen LogP) is 6.69. The highest BCUT2D eigenvalue weighted by Gasteiger charge is 2.52. The van der Waals surface area contributed by atoms with Gasteiger partial charge in [-0.2, -0.15) is 0 Å². The lowest BCUT2D eigenvalue weighted by molar-refractivity contribution is 0.476. The summed E-state index contributed by atoms with van der Waals surface area (Å²) in [5, 5.41) is 15.5. The molecule has 0 saturated heterocycles. The van der Waals surface area contributed by atoms with Crippen LogP contribution in [0.25, 0.3) is 21.7 Å². The highest BCUT2D eigenvalue weighted by Crippen LogP contribution is 2.41. The molecule has 0 saturated carbocycles. The van der Waals surface area contributed by atoms with Crippen LogP contribution in [0.3, 0.4) is 0 Å². The fraction of sp³-hybridized carbons (Fsp3) is 0.138. The summed E-state index contributed by atoms with van der Waals surface area (Å²) in [5.74, 6) is 0.957. The molecule has 3 nitrogen and oxygen atoms in total. The maximum atomic E-state index is 10.3. The Labute approximate surface area is 205 Å². The molecule has 5 rings (SSSR count). The molecule has 0 aliphatic heterocycles. The van der Waals surface area contributed by atoms with Crippen LogP contribution in [-0.4, -0.2) is 18.4 Å². The van der Waals surface area contributed by atoms with E-state index in [9.17, 15) is 5.11 Å². The van der Waals surface area contributed by atoms with Gasteiger partial charge in [0, 0.05) is 16.2 Å². The molecule has 170 valence electrons. The summed E-state index contributed by atoms with van der Waals surface area (Å²) in [4.78, 5) is 4.56. The average molecular weight is 484 g/mol. The van der Waals surface area contributed by atoms with Crippen LogP contribution in [0.2, 0.25) is 10.2 Å². The number of rotatable bonds is 4. The first kappa shape index (κ1) is 22.4. The second-order valence-electron chi connectivity index (χ2n) is 9.58. The van der Waals surface area contributed by atoms with Gasteiger partial charge in [0.15, 0.2) is 0 Å². The largest absolute Gasteiger partial charge is 0.534 e. The number of benzene rings is 4. The molecule has 0 unspecified atom stereocenters. The smallest absolute Gasteiger partial charge is 0.319 e. The van der Waals surface area contributed by atoms with E-state index in [4.69, 9.17) is 16.0 Å². The molecule has 0 amide bonds. The first-order valence-electron chi connectivity index (χ1n) is 11.3. The summed E-state index contributed by atoms with van der Waals surface area (Å²) in [7, 11) is -2.83. The Morgan fingerprint density at radius 1 is 0.765 bits per heavy atom. The van der Waals surface area contributed by atoms with Crippen molar-refractivity contribution in [3.63, 3.8) is 0 Å². The zero-order valence-electron chi connectivity index (χ0n) is 19.4. The Morgan fingerprint density at radius 3 is 1.97 bits per heavy atom. The summed E-state index contributed by atoms with van der Waals surface area (Å²) in [6, 6.07) is 32.2. The van der Waals surface area contributed by atoms with E-state index in [2.05, 4.69) is 80.4 Å². The Hall–Kier alpha value is -3.34. The van der Waals surface area contributed by atoms with Crippen LogP contribution in [0.15, 0.2) is 97.1 Å². The maximum absolute atomic E-state index is 10.3. The lowest BCUT2D eigenvalue weighted by Crippen LogP contribution is -2.68. The van der Waals surface area contributed by atoms with Crippen molar-refractivity contribution in [3.05, 3.63) is 102 Å². The topological polar surface area (TPSA) is 42.4 Å². The summed E-state index contributed by atoms with van der Waals surface area (Å²) in [6.07, 6.45) is 0. The van der Waals surface area contributed by atoms with Gasteiger partial charge in [-0.3, -0.25) is 0 Å². The van der Waals surface area contributed by atoms with E-state index >= 15 is 0 Å². The molecule has 0 atom stereocenters. The molecule has 0 bridgehead atoms. The van der Waals surface area contributed by atoms with Gasteiger partial charge in [0.25, 0.3) is 0 Å². The van der Waals surface area contributed by atoms with E-state index in [1.807, 2.05) is 24.3 Å². The lowest BCUT2D eigenvalue weighted by Gasteiger charge is -2.43. The fourth-order valence-corrected chi connectivity index (χ4v) is 9.42. The van der Waals surface area contributed by atoms with E-state index in [-0.39, 0.29) is 10.8 Å². The molecule has 0 fully saturated rings. The summed E-state index contributed by atoms with van der Waals surface area (Å²) < 4.78 is 7.33. The van der Waals surface area contributed by atoms with Crippen LogP contribution in [0.5, 0.6) is 11.5 Å². The standard InChI is InChI=1S/C29H26ClNO2Si/c1-29(2,3)34(22-10-6-4-7-11-22,23-12-8-5-9-13-23)33-26-18-20-14-17-27(30)31-28(20)25-19-21(32)15-16-24(25)26/h4-19,32H,1-3H3. The third-order valence-electron chi connectivity index (χ3n) is 6.38. The number of aromatic nitrogens is 1. The third-order valence-corrected chi connectivity index (χ3v) is 11.5. The van der Waals surface area contributed by atoms with E-state index in [1.165, 1.54) is 10.4 Å². The Balaban J connectivity index is 1.85. The van der Waals surface area contributed by atoms with Crippen LogP contribution >= 0.6 is 11.6 Å². The van der Waals surface area contributed by atoms with Gasteiger partial charge < -0.3 is 9.53 Å². The monoisotopic (exact) mass is 483 g/mol. The van der Waals surface area contributed by atoms with Crippen LogP contribution in [0, 0.1) is 0 Å². The number of halogens is 1. The minimum Gasteiger partial charge on any atom is -0.534 e. The van der Waals surface area contributed by atoms with Crippen molar-refractivity contribution in [2.24, 2.45) is 0 Å². The number of nitrogens with zero attached hydrogens (tertiary/aromatic N) is 1. The molecule has 5 heteroatoms. The molecule has 1 aromatic heterocycles. The molecule has 1 N–H and O–H groups in total. The van der Waals surface area contributed by atoms with E-state index in [0.29, 0.717) is 5.15 Å². The Morgan fingerprint density at radius 2 is 1.38 bits per heavy atom. The van der Waals surface area contributed by atoms with E-state index < -0.39 is 8.32 Å². The van der Waals surface area contributed by atoms with Crippen molar-refractivity contribution < 1.29 is 9.53 Å². The summed E-state index contributed by atoms with van der Waals surface area (Å²) in [5.41, 5.74) is 0.744. The van der Waals surface area contributed by atoms with Gasteiger partial charge in [-0.15, -0.1) is 0 Å². The van der Waals surface area contributed by atoms with Crippen LogP contribution in [0.4, 0.5) is 0 Å². The van der Waals surface area contributed by atoms with Gasteiger partial charge in [-0.1, -0.05) is 93.0 Å². The molecular weight excluding hydrogens is 458 g/mol. The SMILES string of the molecule is CC(C)(C)[Si](Oc1cc2ccc(Cl)nc2c2cc(O)ccc12)(c1ccccc1)c1ccccc1. The molecule has 1 heterocycles. The zero-order valence-corrected chi connectivity index (χ0v) is 21.2. The Bertz CT molecular complexity index is 1440. The van der Waals surface area contributed by atoms with Crippen molar-refractivity contribution in [3.8, 4) is 11.5 Å². The van der Waals surface area contributed by atoms with Gasteiger partial charge in [-0.25, -0.2) is 4.98 Å². The Kier molecular flexibility index (Phi) is 5.59. The van der Waals surface area contributed by atoms with Gasteiger partial charge >= 0.3 is 8.32 Å². The van der Waals surface area contributed by atoms with Crippen molar-refractivity contribution in [2.75, 3.05) is 0 Å². The van der Waals surface area contributed by atoms with Crippen LogP contribution in [-0.2, 0) is 0 Å². The quantitative estimate of drug-likeness (QED) is 0.176. The molecule has 5 aromatic rings. The number of aromatic hydroxyl groups is 1. The highest BCUT2D eigenvalue weighted by molar-refractivity contribution is 7.00. The number of hydrogen-bond donors (Lipinski definition) is 1. The molecular formula is C29H26ClNO2Si. The molecule has 0 aliphatic rings. The number of pyridine rings is 1. The molecule has 0 radical (unpaired) electrons. The van der Waals surface area contributed by atoms with Gasteiger partial charge in [0.1, 0.15) is 16.7 Å². The van der Waals surface area contributed by atoms with Crippen molar-refractivity contribution in [1.29, 1.82) is 0 Å². The van der Waals surface area contributed by atoms with Crippen LogP contribution in [0.1, 0.15) is 20.8 Å². The molecule has 0 spiro atoms. The first-order chi connectivity index (χ1) is 16.3. The second-order valence-corrected chi connectivity index (χ2v) is 14.2. The second kappa shape index (κ2) is 8.46.